The van der Waals surface area contributed by atoms with Crippen LogP contribution in [0, 0.1) is 6.92 Å². The van der Waals surface area contributed by atoms with Gasteiger partial charge in [0.1, 0.15) is 0 Å². The molecule has 7 heteroatoms. The molecule has 0 heterocycles. The SMILES string of the molecule is CCC(NC(=O)c1ccc(NS(C)(=O)=O)cc1Cl)c1ccc(C)cc1. The summed E-state index contributed by atoms with van der Waals surface area (Å²) in [7, 11) is -3.40. The number of benzene rings is 2. The molecule has 0 radical (unpaired) electrons. The maximum absolute atomic E-state index is 12.5. The molecule has 0 aliphatic heterocycles. The van der Waals surface area contributed by atoms with Crippen LogP contribution in [0.3, 0.4) is 0 Å². The fraction of sp³-hybridized carbons (Fsp3) is 0.278. The summed E-state index contributed by atoms with van der Waals surface area (Å²) in [5, 5.41) is 3.15. The van der Waals surface area contributed by atoms with Gasteiger partial charge in [-0.15, -0.1) is 0 Å². The highest BCUT2D eigenvalue weighted by Crippen LogP contribution is 2.23. The van der Waals surface area contributed by atoms with E-state index in [9.17, 15) is 13.2 Å². The summed E-state index contributed by atoms with van der Waals surface area (Å²) >= 11 is 6.15. The quantitative estimate of drug-likeness (QED) is 0.797. The number of rotatable bonds is 6. The van der Waals surface area contributed by atoms with Gasteiger partial charge in [0.25, 0.3) is 5.91 Å². The van der Waals surface area contributed by atoms with Crippen LogP contribution >= 0.6 is 11.6 Å². The second kappa shape index (κ2) is 7.89. The standard InChI is InChI=1S/C18H21ClN2O3S/c1-4-17(13-7-5-12(2)6-8-13)20-18(22)15-10-9-14(11-16(15)19)21-25(3,23)24/h5-11,17,21H,4H2,1-3H3,(H,20,22). The van der Waals surface area contributed by atoms with Crippen molar-refractivity contribution in [3.05, 3.63) is 64.2 Å². The van der Waals surface area contributed by atoms with Gasteiger partial charge in [-0.2, -0.15) is 0 Å². The zero-order chi connectivity index (χ0) is 18.6. The number of carbonyl (C=O) groups is 1. The molecule has 0 aliphatic rings. The van der Waals surface area contributed by atoms with Gasteiger partial charge in [0.05, 0.1) is 22.9 Å². The Kier molecular flexibility index (Phi) is 6.08. The first kappa shape index (κ1) is 19.3. The molecule has 25 heavy (non-hydrogen) atoms. The van der Waals surface area contributed by atoms with Gasteiger partial charge < -0.3 is 5.32 Å². The van der Waals surface area contributed by atoms with Crippen molar-refractivity contribution in [1.29, 1.82) is 0 Å². The van der Waals surface area contributed by atoms with Crippen molar-refractivity contribution in [3.8, 4) is 0 Å². The van der Waals surface area contributed by atoms with Crippen molar-refractivity contribution in [2.75, 3.05) is 11.0 Å². The third-order valence-electron chi connectivity index (χ3n) is 3.71. The topological polar surface area (TPSA) is 75.3 Å². The van der Waals surface area contributed by atoms with Gasteiger partial charge in [0, 0.05) is 5.69 Å². The van der Waals surface area contributed by atoms with Crippen molar-refractivity contribution < 1.29 is 13.2 Å². The molecule has 0 saturated carbocycles. The van der Waals surface area contributed by atoms with Crippen molar-refractivity contribution >= 4 is 33.2 Å². The molecular formula is C18H21ClN2O3S. The third-order valence-corrected chi connectivity index (χ3v) is 4.63. The first-order valence-electron chi connectivity index (χ1n) is 7.84. The van der Waals surface area contributed by atoms with Gasteiger partial charge in [0.2, 0.25) is 10.0 Å². The lowest BCUT2D eigenvalue weighted by molar-refractivity contribution is 0.0935. The summed E-state index contributed by atoms with van der Waals surface area (Å²) in [6.45, 7) is 4.00. The molecule has 0 aromatic heterocycles. The van der Waals surface area contributed by atoms with E-state index in [0.29, 0.717) is 11.3 Å². The van der Waals surface area contributed by atoms with Gasteiger partial charge in [-0.25, -0.2) is 8.42 Å². The summed E-state index contributed by atoms with van der Waals surface area (Å²) in [5.41, 5.74) is 2.79. The number of halogens is 1. The van der Waals surface area contributed by atoms with E-state index >= 15 is 0 Å². The van der Waals surface area contributed by atoms with E-state index in [-0.39, 0.29) is 17.0 Å². The Morgan fingerprint density at radius 1 is 1.16 bits per heavy atom. The number of amides is 1. The van der Waals surface area contributed by atoms with Gasteiger partial charge in [-0.05, 0) is 37.1 Å². The molecule has 0 saturated heterocycles. The van der Waals surface area contributed by atoms with E-state index < -0.39 is 10.0 Å². The maximum Gasteiger partial charge on any atom is 0.253 e. The second-order valence-corrected chi connectivity index (χ2v) is 8.07. The molecule has 0 fully saturated rings. The van der Waals surface area contributed by atoms with Crippen molar-refractivity contribution in [1.82, 2.24) is 5.32 Å². The third kappa shape index (κ3) is 5.47. The first-order chi connectivity index (χ1) is 11.7. The summed E-state index contributed by atoms with van der Waals surface area (Å²) in [6, 6.07) is 12.3. The highest BCUT2D eigenvalue weighted by atomic mass is 35.5. The average molecular weight is 381 g/mol. The normalized spacial score (nSPS) is 12.5. The van der Waals surface area contributed by atoms with E-state index in [4.69, 9.17) is 11.6 Å². The van der Waals surface area contributed by atoms with Crippen molar-refractivity contribution in [3.63, 3.8) is 0 Å². The van der Waals surface area contributed by atoms with Crippen LogP contribution in [0.25, 0.3) is 0 Å². The molecule has 2 rings (SSSR count). The Hall–Kier alpha value is -2.05. The molecule has 0 aliphatic carbocycles. The molecule has 1 amide bonds. The smallest absolute Gasteiger partial charge is 0.253 e. The zero-order valence-electron chi connectivity index (χ0n) is 14.3. The van der Waals surface area contributed by atoms with Crippen LogP contribution in [-0.2, 0) is 10.0 Å². The number of aryl methyl sites for hydroxylation is 1. The van der Waals surface area contributed by atoms with E-state index in [2.05, 4.69) is 10.0 Å². The number of carbonyl (C=O) groups excluding carboxylic acids is 1. The first-order valence-corrected chi connectivity index (χ1v) is 10.1. The average Bonchev–Trinajstić information content (AvgIpc) is 2.52. The number of sulfonamides is 1. The number of anilines is 1. The largest absolute Gasteiger partial charge is 0.345 e. The van der Waals surface area contributed by atoms with E-state index in [0.717, 1.165) is 23.8 Å². The lowest BCUT2D eigenvalue weighted by Gasteiger charge is -2.18. The predicted octanol–water partition coefficient (Wildman–Crippen LogP) is 3.90. The van der Waals surface area contributed by atoms with Gasteiger partial charge in [-0.3, -0.25) is 9.52 Å². The Morgan fingerprint density at radius 3 is 2.32 bits per heavy atom. The fourth-order valence-corrected chi connectivity index (χ4v) is 3.25. The minimum atomic E-state index is -3.40. The van der Waals surface area contributed by atoms with E-state index in [1.54, 1.807) is 0 Å². The molecule has 1 unspecified atom stereocenters. The van der Waals surface area contributed by atoms with Crippen LogP contribution in [0.4, 0.5) is 5.69 Å². The molecule has 2 aromatic rings. The molecule has 2 N–H and O–H groups in total. The van der Waals surface area contributed by atoms with E-state index in [1.807, 2.05) is 38.1 Å². The highest BCUT2D eigenvalue weighted by molar-refractivity contribution is 7.92. The maximum atomic E-state index is 12.5. The molecule has 5 nitrogen and oxygen atoms in total. The monoisotopic (exact) mass is 380 g/mol. The molecule has 134 valence electrons. The summed E-state index contributed by atoms with van der Waals surface area (Å²) in [4.78, 5) is 12.5. The van der Waals surface area contributed by atoms with Crippen LogP contribution in [0.2, 0.25) is 5.02 Å². The molecule has 0 bridgehead atoms. The second-order valence-electron chi connectivity index (χ2n) is 5.91. The Bertz CT molecular complexity index is 864. The summed E-state index contributed by atoms with van der Waals surface area (Å²) < 4.78 is 24.9. The van der Waals surface area contributed by atoms with Crippen LogP contribution < -0.4 is 10.0 Å². The number of hydrogen-bond donors (Lipinski definition) is 2. The Labute approximate surface area is 153 Å². The van der Waals surface area contributed by atoms with Crippen LogP contribution in [-0.4, -0.2) is 20.6 Å². The fourth-order valence-electron chi connectivity index (χ4n) is 2.43. The Balaban J connectivity index is 2.17. The Morgan fingerprint density at radius 2 is 1.80 bits per heavy atom. The van der Waals surface area contributed by atoms with Gasteiger partial charge in [-0.1, -0.05) is 48.4 Å². The van der Waals surface area contributed by atoms with Crippen LogP contribution in [0.5, 0.6) is 0 Å². The molecular weight excluding hydrogens is 360 g/mol. The minimum absolute atomic E-state index is 0.127. The van der Waals surface area contributed by atoms with Crippen LogP contribution in [0.1, 0.15) is 40.9 Å². The molecule has 2 aromatic carbocycles. The van der Waals surface area contributed by atoms with Crippen LogP contribution in [0.15, 0.2) is 42.5 Å². The highest BCUT2D eigenvalue weighted by Gasteiger charge is 2.17. The molecule has 0 spiro atoms. The zero-order valence-corrected chi connectivity index (χ0v) is 15.9. The lowest BCUT2D eigenvalue weighted by Crippen LogP contribution is -2.28. The lowest BCUT2D eigenvalue weighted by atomic mass is 10.0. The van der Waals surface area contributed by atoms with Crippen molar-refractivity contribution in [2.24, 2.45) is 0 Å². The summed E-state index contributed by atoms with van der Waals surface area (Å²) in [6.07, 6.45) is 1.79. The van der Waals surface area contributed by atoms with Gasteiger partial charge in [0.15, 0.2) is 0 Å². The summed E-state index contributed by atoms with van der Waals surface area (Å²) in [5.74, 6) is -0.302. The molecule has 1 atom stereocenters. The predicted molar refractivity (Wildman–Crippen MR) is 102 cm³/mol. The minimum Gasteiger partial charge on any atom is -0.345 e. The van der Waals surface area contributed by atoms with E-state index in [1.165, 1.54) is 18.2 Å². The van der Waals surface area contributed by atoms with Crippen molar-refractivity contribution in [2.45, 2.75) is 26.3 Å². The number of nitrogens with one attached hydrogen (secondary N) is 2. The van der Waals surface area contributed by atoms with Gasteiger partial charge >= 0.3 is 0 Å². The number of hydrogen-bond acceptors (Lipinski definition) is 3.